The summed E-state index contributed by atoms with van der Waals surface area (Å²) < 4.78 is 26.5. The molecule has 1 aromatic rings. The molecule has 6 nitrogen and oxygen atoms in total. The van der Waals surface area contributed by atoms with Crippen molar-refractivity contribution in [3.8, 4) is 0 Å². The molecule has 1 saturated heterocycles. The third-order valence-corrected chi connectivity index (χ3v) is 5.40. The van der Waals surface area contributed by atoms with E-state index in [0.29, 0.717) is 0 Å². The van der Waals surface area contributed by atoms with Crippen molar-refractivity contribution < 1.29 is 18.3 Å². The molecule has 8 heteroatoms. The predicted molar refractivity (Wildman–Crippen MR) is 71.6 cm³/mol. The van der Waals surface area contributed by atoms with Crippen LogP contribution in [0, 0.1) is 0 Å². The molecule has 0 spiro atoms. The van der Waals surface area contributed by atoms with E-state index in [9.17, 15) is 18.3 Å². The molecule has 0 aromatic heterocycles. The summed E-state index contributed by atoms with van der Waals surface area (Å²) in [6.45, 7) is -0.119. The van der Waals surface area contributed by atoms with Gasteiger partial charge in [-0.15, -0.1) is 0 Å². The van der Waals surface area contributed by atoms with Crippen molar-refractivity contribution in [2.75, 3.05) is 6.54 Å². The third-order valence-electron chi connectivity index (χ3n) is 2.98. The van der Waals surface area contributed by atoms with E-state index in [4.69, 9.17) is 5.73 Å². The normalized spacial score (nSPS) is 24.5. The maximum absolute atomic E-state index is 12.4. The molecule has 1 heterocycles. The molecule has 1 aliphatic heterocycles. The summed E-state index contributed by atoms with van der Waals surface area (Å²) in [5, 5.41) is 9.55. The molecule has 1 fully saturated rings. The number of sulfonamides is 1. The topological polar surface area (TPSA) is 101 Å². The minimum absolute atomic E-state index is 0.0328. The summed E-state index contributed by atoms with van der Waals surface area (Å²) in [6.07, 6.45) is -0.840. The summed E-state index contributed by atoms with van der Waals surface area (Å²) >= 11 is 3.22. The van der Waals surface area contributed by atoms with Crippen LogP contribution in [0.1, 0.15) is 6.42 Å². The van der Waals surface area contributed by atoms with Crippen LogP contribution in [0.25, 0.3) is 0 Å². The zero-order valence-electron chi connectivity index (χ0n) is 9.86. The number of amides is 1. The monoisotopic (exact) mass is 348 g/mol. The van der Waals surface area contributed by atoms with E-state index in [0.717, 1.165) is 8.78 Å². The maximum atomic E-state index is 12.4. The average Bonchev–Trinajstić information content (AvgIpc) is 2.73. The summed E-state index contributed by atoms with van der Waals surface area (Å²) in [6, 6.07) is 5.06. The van der Waals surface area contributed by atoms with Crippen LogP contribution in [0.4, 0.5) is 0 Å². The second-order valence-corrected chi connectivity index (χ2v) is 7.14. The number of hydrogen-bond donors (Lipinski definition) is 2. The molecule has 1 aromatic carbocycles. The van der Waals surface area contributed by atoms with E-state index in [1.54, 1.807) is 12.1 Å². The number of aliphatic hydroxyl groups is 1. The Kier molecular flexibility index (Phi) is 3.95. The number of benzene rings is 1. The zero-order chi connectivity index (χ0) is 14.2. The molecular formula is C11H13BrN2O4S. The van der Waals surface area contributed by atoms with Gasteiger partial charge in [-0.3, -0.25) is 4.79 Å². The van der Waals surface area contributed by atoms with Crippen LogP contribution in [0.15, 0.2) is 33.6 Å². The van der Waals surface area contributed by atoms with Gasteiger partial charge in [0.25, 0.3) is 0 Å². The second kappa shape index (κ2) is 5.20. The molecule has 3 N–H and O–H groups in total. The number of aliphatic hydroxyl groups excluding tert-OH is 1. The average molecular weight is 349 g/mol. The van der Waals surface area contributed by atoms with E-state index in [2.05, 4.69) is 15.9 Å². The molecule has 0 saturated carbocycles. The lowest BCUT2D eigenvalue weighted by Crippen LogP contribution is -2.43. The molecule has 2 rings (SSSR count). The van der Waals surface area contributed by atoms with E-state index >= 15 is 0 Å². The Labute approximate surface area is 119 Å². The van der Waals surface area contributed by atoms with Crippen molar-refractivity contribution in [2.45, 2.75) is 23.5 Å². The predicted octanol–water partition coefficient (Wildman–Crippen LogP) is 0.0583. The van der Waals surface area contributed by atoms with Gasteiger partial charge in [-0.25, -0.2) is 8.42 Å². The van der Waals surface area contributed by atoms with Crippen LogP contribution in [-0.4, -0.2) is 42.4 Å². The fraction of sp³-hybridized carbons (Fsp3) is 0.364. The number of nitrogens with zero attached hydrogens (tertiary/aromatic N) is 1. The van der Waals surface area contributed by atoms with Crippen molar-refractivity contribution in [3.63, 3.8) is 0 Å². The summed E-state index contributed by atoms with van der Waals surface area (Å²) in [5.41, 5.74) is 5.19. The highest BCUT2D eigenvalue weighted by molar-refractivity contribution is 9.10. The smallest absolute Gasteiger partial charge is 0.243 e. The SMILES string of the molecule is NC(=O)[C@@H]1C[C@@H](O)CN1S(=O)(=O)c1ccc(Br)cc1. The van der Waals surface area contributed by atoms with Crippen LogP contribution in [-0.2, 0) is 14.8 Å². The van der Waals surface area contributed by atoms with Gasteiger partial charge in [-0.05, 0) is 24.3 Å². The molecule has 104 valence electrons. The molecule has 2 atom stereocenters. The van der Waals surface area contributed by atoms with Gasteiger partial charge in [0.2, 0.25) is 15.9 Å². The van der Waals surface area contributed by atoms with Crippen LogP contribution < -0.4 is 5.73 Å². The van der Waals surface area contributed by atoms with Gasteiger partial charge in [-0.2, -0.15) is 4.31 Å². The quantitative estimate of drug-likeness (QED) is 0.806. The molecular weight excluding hydrogens is 336 g/mol. The second-order valence-electron chi connectivity index (χ2n) is 4.34. The number of β-amino-alcohol motifs (C(OH)–C–C–N with tert-alkyl or cyclic N) is 1. The molecule has 0 aliphatic carbocycles. The Balaban J connectivity index is 2.38. The lowest BCUT2D eigenvalue weighted by Gasteiger charge is -2.21. The molecule has 0 unspecified atom stereocenters. The lowest BCUT2D eigenvalue weighted by atomic mass is 10.2. The first kappa shape index (κ1) is 14.4. The largest absolute Gasteiger partial charge is 0.392 e. The fourth-order valence-corrected chi connectivity index (χ4v) is 3.96. The number of carbonyl (C=O) groups excluding carboxylic acids is 1. The van der Waals surface area contributed by atoms with E-state index in [1.807, 2.05) is 0 Å². The minimum Gasteiger partial charge on any atom is -0.392 e. The summed E-state index contributed by atoms with van der Waals surface area (Å²) in [4.78, 5) is 11.4. The highest BCUT2D eigenvalue weighted by atomic mass is 79.9. The van der Waals surface area contributed by atoms with Crippen LogP contribution in [0.5, 0.6) is 0 Å². The van der Waals surface area contributed by atoms with Crippen LogP contribution in [0.2, 0.25) is 0 Å². The first-order valence-corrected chi connectivity index (χ1v) is 7.80. The van der Waals surface area contributed by atoms with Gasteiger partial charge in [0, 0.05) is 17.4 Å². The Morgan fingerprint density at radius 2 is 1.95 bits per heavy atom. The number of primary amides is 1. The summed E-state index contributed by atoms with van der Waals surface area (Å²) in [5.74, 6) is -0.753. The van der Waals surface area contributed by atoms with Gasteiger partial charge >= 0.3 is 0 Å². The zero-order valence-corrected chi connectivity index (χ0v) is 12.3. The van der Waals surface area contributed by atoms with Gasteiger partial charge in [-0.1, -0.05) is 15.9 Å². The Morgan fingerprint density at radius 3 is 2.47 bits per heavy atom. The molecule has 0 bridgehead atoms. The van der Waals surface area contributed by atoms with Crippen molar-refractivity contribution in [1.82, 2.24) is 4.31 Å². The first-order valence-electron chi connectivity index (χ1n) is 5.57. The Bertz CT molecular complexity index is 587. The number of carbonyl (C=O) groups is 1. The van der Waals surface area contributed by atoms with Crippen molar-refractivity contribution >= 4 is 31.9 Å². The standard InChI is InChI=1S/C11H13BrN2O4S/c12-7-1-3-9(4-2-7)19(17,18)14-6-8(15)5-10(14)11(13)16/h1-4,8,10,15H,5-6H2,(H2,13,16)/t8-,10+/m1/s1. The fourth-order valence-electron chi connectivity index (χ4n) is 2.05. The van der Waals surface area contributed by atoms with E-state index in [-0.39, 0.29) is 17.9 Å². The van der Waals surface area contributed by atoms with Crippen molar-refractivity contribution in [1.29, 1.82) is 0 Å². The number of rotatable bonds is 3. The summed E-state index contributed by atoms with van der Waals surface area (Å²) in [7, 11) is -3.83. The third kappa shape index (κ3) is 2.81. The molecule has 1 aliphatic rings. The van der Waals surface area contributed by atoms with Gasteiger partial charge in [0.1, 0.15) is 6.04 Å². The van der Waals surface area contributed by atoms with Crippen molar-refractivity contribution in [2.24, 2.45) is 5.73 Å². The highest BCUT2D eigenvalue weighted by Crippen LogP contribution is 2.26. The van der Waals surface area contributed by atoms with E-state index in [1.165, 1.54) is 12.1 Å². The minimum atomic E-state index is -3.83. The highest BCUT2D eigenvalue weighted by Gasteiger charge is 2.42. The van der Waals surface area contributed by atoms with Crippen molar-refractivity contribution in [3.05, 3.63) is 28.7 Å². The lowest BCUT2D eigenvalue weighted by molar-refractivity contribution is -0.121. The Morgan fingerprint density at radius 1 is 1.37 bits per heavy atom. The molecule has 19 heavy (non-hydrogen) atoms. The first-order chi connectivity index (χ1) is 8.82. The van der Waals surface area contributed by atoms with Gasteiger partial charge in [0.05, 0.1) is 11.0 Å². The van der Waals surface area contributed by atoms with E-state index < -0.39 is 28.1 Å². The number of hydrogen-bond acceptors (Lipinski definition) is 4. The Hall–Kier alpha value is -0.960. The number of halogens is 1. The van der Waals surface area contributed by atoms with Gasteiger partial charge < -0.3 is 10.8 Å². The number of nitrogens with two attached hydrogens (primary N) is 1. The molecule has 0 radical (unpaired) electrons. The van der Waals surface area contributed by atoms with Crippen LogP contribution >= 0.6 is 15.9 Å². The maximum Gasteiger partial charge on any atom is 0.243 e. The molecule has 1 amide bonds. The van der Waals surface area contributed by atoms with Gasteiger partial charge in [0.15, 0.2) is 0 Å². The van der Waals surface area contributed by atoms with Crippen LogP contribution in [0.3, 0.4) is 0 Å².